The number of alkyl halides is 6. The van der Waals surface area contributed by atoms with Crippen LogP contribution >= 0.6 is 0 Å². The number of hydrogen-bond acceptors (Lipinski definition) is 3. The summed E-state index contributed by atoms with van der Waals surface area (Å²) in [6, 6.07) is 0. The van der Waals surface area contributed by atoms with Gasteiger partial charge in [0.2, 0.25) is 6.10 Å². The molecule has 2 atom stereocenters. The Hall–Kier alpha value is -1.03. The Morgan fingerprint density at radius 1 is 1.33 bits per heavy atom. The summed E-state index contributed by atoms with van der Waals surface area (Å²) in [4.78, 5) is 11.2. The Morgan fingerprint density at radius 3 is 2.24 bits per heavy atom. The number of halogens is 6. The molecule has 0 heterocycles. The molecule has 10 heteroatoms. The van der Waals surface area contributed by atoms with Crippen LogP contribution in [0.15, 0.2) is 0 Å². The zero-order valence-corrected chi connectivity index (χ0v) is 11.0. The first-order valence-corrected chi connectivity index (χ1v) is 6.19. The topological polar surface area (TPSA) is 58.6 Å². The molecule has 0 aliphatic heterocycles. The molecule has 4 nitrogen and oxygen atoms in total. The van der Waals surface area contributed by atoms with Gasteiger partial charge in [-0.25, -0.2) is 0 Å². The molecule has 0 aromatic carbocycles. The lowest BCUT2D eigenvalue weighted by atomic mass is 9.98. The molecule has 1 aliphatic carbocycles. The summed E-state index contributed by atoms with van der Waals surface area (Å²) in [5.41, 5.74) is -1.54. The number of ether oxygens (including phenoxy) is 1. The second kappa shape index (κ2) is 5.99. The van der Waals surface area contributed by atoms with Crippen LogP contribution in [0.3, 0.4) is 0 Å². The first-order valence-electron chi connectivity index (χ1n) is 6.19. The molecule has 0 saturated heterocycles. The fourth-order valence-corrected chi connectivity index (χ4v) is 2.42. The predicted octanol–water partition coefficient (Wildman–Crippen LogP) is 2.48. The van der Waals surface area contributed by atoms with Crippen LogP contribution < -0.4 is 5.32 Å². The van der Waals surface area contributed by atoms with Gasteiger partial charge in [-0.05, 0) is 19.4 Å². The lowest BCUT2D eigenvalue weighted by Gasteiger charge is -2.28. The van der Waals surface area contributed by atoms with Crippen molar-refractivity contribution in [3.8, 4) is 0 Å². The van der Waals surface area contributed by atoms with Crippen LogP contribution in [0.1, 0.15) is 26.2 Å². The molecule has 0 spiro atoms. The standard InChI is InChI=1S/C11H15F6NO3/c1-2-18-9(8(19)20)4-3-6(5-9)21-7(10(12,13)14)11(15,16)17/h6-7,18H,2-5H2,1H3,(H,19,20). The van der Waals surface area contributed by atoms with E-state index in [1.807, 2.05) is 0 Å². The minimum absolute atomic E-state index is 0.0940. The van der Waals surface area contributed by atoms with Crippen molar-refractivity contribution in [2.45, 2.75) is 56.3 Å². The van der Waals surface area contributed by atoms with E-state index in [1.54, 1.807) is 6.92 Å². The second-order valence-corrected chi connectivity index (χ2v) is 4.88. The Labute approximate surface area is 116 Å². The summed E-state index contributed by atoms with van der Waals surface area (Å²) < 4.78 is 78.5. The molecule has 1 aliphatic rings. The maximum atomic E-state index is 12.4. The normalized spacial score (nSPS) is 27.3. The highest BCUT2D eigenvalue weighted by atomic mass is 19.4. The third-order valence-electron chi connectivity index (χ3n) is 3.32. The van der Waals surface area contributed by atoms with Crippen LogP contribution in [-0.4, -0.2) is 47.7 Å². The van der Waals surface area contributed by atoms with Gasteiger partial charge in [-0.15, -0.1) is 0 Å². The van der Waals surface area contributed by atoms with Crippen LogP contribution in [0, 0.1) is 0 Å². The molecule has 0 radical (unpaired) electrons. The first-order chi connectivity index (χ1) is 9.42. The average Bonchev–Trinajstić information content (AvgIpc) is 2.68. The van der Waals surface area contributed by atoms with E-state index in [9.17, 15) is 31.1 Å². The number of carboxylic acid groups (broad SMARTS) is 1. The van der Waals surface area contributed by atoms with E-state index >= 15 is 0 Å². The fourth-order valence-electron chi connectivity index (χ4n) is 2.42. The maximum Gasteiger partial charge on any atom is 0.423 e. The number of rotatable bonds is 5. The Kier molecular flexibility index (Phi) is 5.14. The SMILES string of the molecule is CCNC1(C(=O)O)CCC(OC(C(F)(F)F)C(F)(F)F)C1. The molecular formula is C11H15F6NO3. The van der Waals surface area contributed by atoms with Crippen molar-refractivity contribution in [1.29, 1.82) is 0 Å². The van der Waals surface area contributed by atoms with Crippen LogP contribution in [-0.2, 0) is 9.53 Å². The molecule has 0 aromatic rings. The maximum absolute atomic E-state index is 12.4. The molecule has 2 N–H and O–H groups in total. The van der Waals surface area contributed by atoms with Crippen molar-refractivity contribution in [3.05, 3.63) is 0 Å². The number of nitrogens with one attached hydrogen (secondary N) is 1. The zero-order valence-electron chi connectivity index (χ0n) is 11.0. The highest BCUT2D eigenvalue weighted by Gasteiger charge is 2.60. The summed E-state index contributed by atoms with van der Waals surface area (Å²) in [5, 5.41) is 11.7. The Balaban J connectivity index is 2.83. The molecule has 1 rings (SSSR count). The van der Waals surface area contributed by atoms with Gasteiger partial charge in [-0.1, -0.05) is 6.92 Å². The average molecular weight is 323 g/mol. The second-order valence-electron chi connectivity index (χ2n) is 4.88. The molecule has 2 unspecified atom stereocenters. The van der Waals surface area contributed by atoms with E-state index in [1.165, 1.54) is 0 Å². The predicted molar refractivity (Wildman–Crippen MR) is 58.7 cm³/mol. The Bertz CT molecular complexity index is 369. The lowest BCUT2D eigenvalue weighted by molar-refractivity contribution is -0.330. The van der Waals surface area contributed by atoms with E-state index in [-0.39, 0.29) is 19.4 Å². The van der Waals surface area contributed by atoms with Crippen LogP contribution in [0.2, 0.25) is 0 Å². The minimum atomic E-state index is -5.59. The summed E-state index contributed by atoms with van der Waals surface area (Å²) in [5.74, 6) is -1.31. The summed E-state index contributed by atoms with van der Waals surface area (Å²) >= 11 is 0. The summed E-state index contributed by atoms with van der Waals surface area (Å²) in [6.07, 6.45) is -17.2. The molecule has 0 bridgehead atoms. The molecule has 124 valence electrons. The quantitative estimate of drug-likeness (QED) is 0.763. The van der Waals surface area contributed by atoms with Crippen molar-refractivity contribution in [2.75, 3.05) is 6.54 Å². The third-order valence-corrected chi connectivity index (χ3v) is 3.32. The highest BCUT2D eigenvalue weighted by Crippen LogP contribution is 2.40. The van der Waals surface area contributed by atoms with E-state index in [0.29, 0.717) is 0 Å². The van der Waals surface area contributed by atoms with Gasteiger partial charge in [-0.2, -0.15) is 26.3 Å². The molecule has 21 heavy (non-hydrogen) atoms. The van der Waals surface area contributed by atoms with Crippen molar-refractivity contribution >= 4 is 5.97 Å². The molecule has 0 amide bonds. The first kappa shape index (κ1) is 18.0. The number of aliphatic carboxylic acids is 1. The van der Waals surface area contributed by atoms with E-state index < -0.39 is 42.5 Å². The number of hydrogen-bond donors (Lipinski definition) is 2. The van der Waals surface area contributed by atoms with Crippen molar-refractivity contribution in [2.24, 2.45) is 0 Å². The van der Waals surface area contributed by atoms with Crippen LogP contribution in [0.4, 0.5) is 26.3 Å². The van der Waals surface area contributed by atoms with Crippen molar-refractivity contribution < 1.29 is 41.0 Å². The van der Waals surface area contributed by atoms with Gasteiger partial charge in [0.15, 0.2) is 0 Å². The fraction of sp³-hybridized carbons (Fsp3) is 0.909. The van der Waals surface area contributed by atoms with Crippen LogP contribution in [0.5, 0.6) is 0 Å². The van der Waals surface area contributed by atoms with Gasteiger partial charge in [0.05, 0.1) is 6.10 Å². The number of carbonyl (C=O) groups is 1. The minimum Gasteiger partial charge on any atom is -0.480 e. The van der Waals surface area contributed by atoms with Gasteiger partial charge in [0.25, 0.3) is 0 Å². The number of carboxylic acids is 1. The van der Waals surface area contributed by atoms with Gasteiger partial charge in [0.1, 0.15) is 5.54 Å². The zero-order chi connectivity index (χ0) is 16.5. The highest BCUT2D eigenvalue weighted by molar-refractivity contribution is 5.79. The summed E-state index contributed by atoms with van der Waals surface area (Å²) in [7, 11) is 0. The molecule has 1 saturated carbocycles. The molecular weight excluding hydrogens is 308 g/mol. The van der Waals surface area contributed by atoms with Crippen molar-refractivity contribution in [3.63, 3.8) is 0 Å². The summed E-state index contributed by atoms with van der Waals surface area (Å²) in [6.45, 7) is 1.81. The van der Waals surface area contributed by atoms with Gasteiger partial charge >= 0.3 is 18.3 Å². The lowest BCUT2D eigenvalue weighted by Crippen LogP contribution is -2.51. The third kappa shape index (κ3) is 4.22. The van der Waals surface area contributed by atoms with Gasteiger partial charge < -0.3 is 15.2 Å². The Morgan fingerprint density at radius 2 is 1.86 bits per heavy atom. The van der Waals surface area contributed by atoms with E-state index in [0.717, 1.165) is 0 Å². The van der Waals surface area contributed by atoms with E-state index in [4.69, 9.17) is 5.11 Å². The van der Waals surface area contributed by atoms with Gasteiger partial charge in [-0.3, -0.25) is 4.79 Å². The molecule has 1 fully saturated rings. The van der Waals surface area contributed by atoms with Gasteiger partial charge in [0, 0.05) is 6.42 Å². The number of likely N-dealkylation sites (N-methyl/N-ethyl adjacent to an activating group) is 1. The van der Waals surface area contributed by atoms with Crippen molar-refractivity contribution in [1.82, 2.24) is 5.32 Å². The smallest absolute Gasteiger partial charge is 0.423 e. The van der Waals surface area contributed by atoms with Crippen LogP contribution in [0.25, 0.3) is 0 Å². The van der Waals surface area contributed by atoms with E-state index in [2.05, 4.69) is 10.1 Å². The largest absolute Gasteiger partial charge is 0.480 e. The monoisotopic (exact) mass is 323 g/mol. The molecule has 0 aromatic heterocycles.